The highest BCUT2D eigenvalue weighted by molar-refractivity contribution is 6.05. The lowest BCUT2D eigenvalue weighted by molar-refractivity contribution is 0.0526. The molecule has 0 N–H and O–H groups in total. The van der Waals surface area contributed by atoms with Crippen molar-refractivity contribution in [2.75, 3.05) is 37.7 Å². The number of para-hydroxylation sites is 1. The van der Waals surface area contributed by atoms with Gasteiger partial charge in [0.2, 0.25) is 0 Å². The van der Waals surface area contributed by atoms with Crippen LogP contribution in [0.2, 0.25) is 0 Å². The van der Waals surface area contributed by atoms with Crippen molar-refractivity contribution in [1.29, 1.82) is 0 Å². The number of carbonyl (C=O) groups excluding carboxylic acids is 2. The summed E-state index contributed by atoms with van der Waals surface area (Å²) in [5.41, 5.74) is 2.49. The number of anilines is 1. The molecule has 0 bridgehead atoms. The fourth-order valence-corrected chi connectivity index (χ4v) is 3.94. The molecule has 0 unspecified atom stereocenters. The minimum Gasteiger partial charge on any atom is -0.462 e. The molecule has 2 aromatic carbocycles. The molecule has 1 amide bonds. The molecule has 0 radical (unpaired) electrons. The lowest BCUT2D eigenvalue weighted by Crippen LogP contribution is -2.35. The zero-order valence-corrected chi connectivity index (χ0v) is 17.4. The number of hydrogen-bond acceptors (Lipinski definition) is 5. The van der Waals surface area contributed by atoms with E-state index >= 15 is 0 Å². The van der Waals surface area contributed by atoms with Gasteiger partial charge in [-0.05, 0) is 43.7 Å². The number of rotatable bonds is 4. The topological polar surface area (TPSA) is 62.7 Å². The Bertz CT molecular complexity index is 1100. The van der Waals surface area contributed by atoms with Gasteiger partial charge in [0.05, 0.1) is 17.8 Å². The van der Waals surface area contributed by atoms with Crippen molar-refractivity contribution in [3.63, 3.8) is 0 Å². The minimum atomic E-state index is -0.403. The fraction of sp³-hybridized carbons (Fsp3) is 0.292. The molecule has 2 heterocycles. The predicted molar refractivity (Wildman–Crippen MR) is 117 cm³/mol. The third-order valence-corrected chi connectivity index (χ3v) is 5.43. The molecule has 1 aromatic heterocycles. The molecule has 0 saturated carbocycles. The van der Waals surface area contributed by atoms with Crippen LogP contribution in [0, 0.1) is 5.82 Å². The molecular formula is C24H24FN3O3. The number of esters is 1. The van der Waals surface area contributed by atoms with Crippen LogP contribution in [0.25, 0.3) is 10.9 Å². The van der Waals surface area contributed by atoms with Crippen molar-refractivity contribution in [3.8, 4) is 0 Å². The van der Waals surface area contributed by atoms with Crippen LogP contribution in [0.15, 0.2) is 54.7 Å². The molecule has 0 aliphatic carbocycles. The van der Waals surface area contributed by atoms with E-state index in [2.05, 4.69) is 9.88 Å². The van der Waals surface area contributed by atoms with Gasteiger partial charge >= 0.3 is 5.97 Å². The van der Waals surface area contributed by atoms with E-state index in [4.69, 9.17) is 4.74 Å². The van der Waals surface area contributed by atoms with Gasteiger partial charge in [0.25, 0.3) is 5.91 Å². The Balaban J connectivity index is 1.63. The molecule has 0 spiro atoms. The Morgan fingerprint density at radius 2 is 1.81 bits per heavy atom. The first-order valence-corrected chi connectivity index (χ1v) is 10.4. The van der Waals surface area contributed by atoms with Crippen molar-refractivity contribution < 1.29 is 18.7 Å². The highest BCUT2D eigenvalue weighted by Crippen LogP contribution is 2.31. The van der Waals surface area contributed by atoms with Crippen LogP contribution in [0.5, 0.6) is 0 Å². The summed E-state index contributed by atoms with van der Waals surface area (Å²) in [6, 6.07) is 13.3. The van der Waals surface area contributed by atoms with Gasteiger partial charge in [-0.2, -0.15) is 0 Å². The van der Waals surface area contributed by atoms with Crippen molar-refractivity contribution in [2.24, 2.45) is 0 Å². The van der Waals surface area contributed by atoms with E-state index in [9.17, 15) is 14.0 Å². The molecular weight excluding hydrogens is 397 g/mol. The second-order valence-electron chi connectivity index (χ2n) is 7.40. The number of pyridine rings is 1. The Morgan fingerprint density at radius 1 is 1.03 bits per heavy atom. The summed E-state index contributed by atoms with van der Waals surface area (Å²) in [6.07, 6.45) is 2.31. The van der Waals surface area contributed by atoms with Gasteiger partial charge < -0.3 is 14.5 Å². The Kier molecular flexibility index (Phi) is 6.11. The standard InChI is InChI=1S/C24H24FN3O3/c1-2-31-24(30)20-16-26-21-7-4-3-6-19(21)22(20)27-12-5-13-28(15-14-27)23(29)17-8-10-18(25)11-9-17/h3-4,6-11,16H,2,5,12-15H2,1H3. The Labute approximate surface area is 180 Å². The van der Waals surface area contributed by atoms with Gasteiger partial charge in [-0.3, -0.25) is 9.78 Å². The van der Waals surface area contributed by atoms with E-state index in [1.54, 1.807) is 18.0 Å². The zero-order chi connectivity index (χ0) is 21.8. The van der Waals surface area contributed by atoms with Crippen LogP contribution in [0.1, 0.15) is 34.1 Å². The first-order chi connectivity index (χ1) is 15.1. The largest absolute Gasteiger partial charge is 0.462 e. The van der Waals surface area contributed by atoms with Gasteiger partial charge in [-0.25, -0.2) is 9.18 Å². The van der Waals surface area contributed by atoms with E-state index < -0.39 is 5.97 Å². The van der Waals surface area contributed by atoms with Gasteiger partial charge in [-0.1, -0.05) is 18.2 Å². The molecule has 7 heteroatoms. The van der Waals surface area contributed by atoms with Crippen LogP contribution in [-0.4, -0.2) is 54.5 Å². The first kappa shape index (κ1) is 20.8. The van der Waals surface area contributed by atoms with Crippen LogP contribution in [0.4, 0.5) is 10.1 Å². The minimum absolute atomic E-state index is 0.118. The summed E-state index contributed by atoms with van der Waals surface area (Å²) in [5.74, 6) is -0.888. The van der Waals surface area contributed by atoms with Crippen molar-refractivity contribution in [3.05, 3.63) is 71.7 Å². The molecule has 3 aromatic rings. The normalized spacial score (nSPS) is 14.4. The van der Waals surface area contributed by atoms with E-state index in [0.717, 1.165) is 23.0 Å². The zero-order valence-electron chi connectivity index (χ0n) is 17.4. The summed E-state index contributed by atoms with van der Waals surface area (Å²) in [6.45, 7) is 4.39. The predicted octanol–water partition coefficient (Wildman–Crippen LogP) is 3.90. The van der Waals surface area contributed by atoms with E-state index in [1.807, 2.05) is 24.3 Å². The molecule has 4 rings (SSSR count). The molecule has 0 atom stereocenters. The summed E-state index contributed by atoms with van der Waals surface area (Å²) in [4.78, 5) is 33.9. The maximum atomic E-state index is 13.2. The van der Waals surface area contributed by atoms with Gasteiger partial charge in [-0.15, -0.1) is 0 Å². The molecule has 1 saturated heterocycles. The molecule has 160 valence electrons. The van der Waals surface area contributed by atoms with Crippen molar-refractivity contribution in [1.82, 2.24) is 9.88 Å². The van der Waals surface area contributed by atoms with Crippen LogP contribution in [0.3, 0.4) is 0 Å². The number of carbonyl (C=O) groups is 2. The first-order valence-electron chi connectivity index (χ1n) is 10.4. The van der Waals surface area contributed by atoms with Gasteiger partial charge in [0.15, 0.2) is 0 Å². The van der Waals surface area contributed by atoms with Crippen LogP contribution < -0.4 is 4.90 Å². The number of hydrogen-bond donors (Lipinski definition) is 0. The average molecular weight is 421 g/mol. The summed E-state index contributed by atoms with van der Waals surface area (Å²) in [5, 5.41) is 0.881. The number of ether oxygens (including phenoxy) is 1. The maximum Gasteiger partial charge on any atom is 0.341 e. The number of aromatic nitrogens is 1. The SMILES string of the molecule is CCOC(=O)c1cnc2ccccc2c1N1CCCN(C(=O)c2ccc(F)cc2)CC1. The molecule has 1 aliphatic heterocycles. The maximum absolute atomic E-state index is 13.2. The van der Waals surface area contributed by atoms with Crippen molar-refractivity contribution >= 4 is 28.5 Å². The lowest BCUT2D eigenvalue weighted by Gasteiger charge is -2.26. The third-order valence-electron chi connectivity index (χ3n) is 5.43. The van der Waals surface area contributed by atoms with Crippen LogP contribution in [-0.2, 0) is 4.74 Å². The molecule has 1 aliphatic rings. The quantitative estimate of drug-likeness (QED) is 0.598. The Hall–Kier alpha value is -3.48. The fourth-order valence-electron chi connectivity index (χ4n) is 3.94. The van der Waals surface area contributed by atoms with E-state index in [0.29, 0.717) is 37.3 Å². The second kappa shape index (κ2) is 9.12. The molecule has 1 fully saturated rings. The summed E-state index contributed by atoms with van der Waals surface area (Å²) < 4.78 is 18.5. The van der Waals surface area contributed by atoms with Gasteiger partial charge in [0.1, 0.15) is 11.4 Å². The van der Waals surface area contributed by atoms with E-state index in [1.165, 1.54) is 24.3 Å². The number of amides is 1. The van der Waals surface area contributed by atoms with Gasteiger partial charge in [0, 0.05) is 43.3 Å². The highest BCUT2D eigenvalue weighted by Gasteiger charge is 2.25. The smallest absolute Gasteiger partial charge is 0.341 e. The number of halogens is 1. The Morgan fingerprint density at radius 3 is 2.58 bits per heavy atom. The lowest BCUT2D eigenvalue weighted by atomic mass is 10.1. The monoisotopic (exact) mass is 421 g/mol. The average Bonchev–Trinajstić information content (AvgIpc) is 3.04. The number of nitrogens with zero attached hydrogens (tertiary/aromatic N) is 3. The van der Waals surface area contributed by atoms with Crippen LogP contribution >= 0.6 is 0 Å². The number of benzene rings is 2. The number of fused-ring (bicyclic) bond motifs is 1. The summed E-state index contributed by atoms with van der Waals surface area (Å²) in [7, 11) is 0. The third kappa shape index (κ3) is 4.35. The van der Waals surface area contributed by atoms with E-state index in [-0.39, 0.29) is 18.3 Å². The molecule has 6 nitrogen and oxygen atoms in total. The van der Waals surface area contributed by atoms with Crippen molar-refractivity contribution in [2.45, 2.75) is 13.3 Å². The second-order valence-corrected chi connectivity index (χ2v) is 7.40. The highest BCUT2D eigenvalue weighted by atomic mass is 19.1. The molecule has 31 heavy (non-hydrogen) atoms. The summed E-state index contributed by atoms with van der Waals surface area (Å²) >= 11 is 0.